The number of likely N-dealkylation sites (tertiary alicyclic amines) is 1. The summed E-state index contributed by atoms with van der Waals surface area (Å²) in [5, 5.41) is 11.8. The van der Waals surface area contributed by atoms with Crippen LogP contribution < -0.4 is 10.1 Å². The third kappa shape index (κ3) is 9.02. The molecular weight excluding hydrogens is 394 g/mol. The lowest BCUT2D eigenvalue weighted by Gasteiger charge is -2.35. The Morgan fingerprint density at radius 3 is 2.41 bits per heavy atom. The maximum absolute atomic E-state index is 12.1. The predicted octanol–water partition coefficient (Wildman–Crippen LogP) is 2.21. The first-order valence-corrected chi connectivity index (χ1v) is 9.99. The highest BCUT2D eigenvalue weighted by molar-refractivity contribution is 5.85. The Morgan fingerprint density at radius 2 is 1.86 bits per heavy atom. The molecule has 8 heteroatoms. The molecule has 0 spiro atoms. The lowest BCUT2D eigenvalue weighted by Crippen LogP contribution is -2.47. The normalized spacial score (nSPS) is 15.2. The number of nitrogens with one attached hydrogen (secondary N) is 1. The Balaban J connectivity index is 0.00000420. The summed E-state index contributed by atoms with van der Waals surface area (Å²) in [5.41, 5.74) is 1.28. The third-order valence-electron chi connectivity index (χ3n) is 5.17. The fraction of sp³-hybridized carbons (Fsp3) is 0.619. The minimum absolute atomic E-state index is 0. The Kier molecular flexibility index (Phi) is 11.0. The molecule has 0 bridgehead atoms. The molecule has 7 nitrogen and oxygen atoms in total. The van der Waals surface area contributed by atoms with E-state index in [0.29, 0.717) is 25.6 Å². The van der Waals surface area contributed by atoms with Crippen molar-refractivity contribution < 1.29 is 19.4 Å². The zero-order valence-electron chi connectivity index (χ0n) is 17.6. The van der Waals surface area contributed by atoms with E-state index in [-0.39, 0.29) is 30.9 Å². The Morgan fingerprint density at radius 1 is 1.24 bits per heavy atom. The molecule has 0 saturated carbocycles. The smallest absolute Gasteiger partial charge is 0.317 e. The Bertz CT molecular complexity index is 631. The lowest BCUT2D eigenvalue weighted by atomic mass is 10.0. The van der Waals surface area contributed by atoms with Crippen molar-refractivity contribution in [2.75, 3.05) is 46.4 Å². The van der Waals surface area contributed by atoms with Crippen molar-refractivity contribution in [1.82, 2.24) is 15.1 Å². The van der Waals surface area contributed by atoms with E-state index in [0.717, 1.165) is 31.7 Å². The van der Waals surface area contributed by atoms with Crippen LogP contribution in [0.4, 0.5) is 0 Å². The number of ether oxygens (including phenoxy) is 1. The fourth-order valence-corrected chi connectivity index (χ4v) is 3.43. The molecule has 0 unspecified atom stereocenters. The predicted molar refractivity (Wildman–Crippen MR) is 116 cm³/mol. The number of amides is 1. The largest absolute Gasteiger partial charge is 0.492 e. The molecule has 0 radical (unpaired) electrons. The summed E-state index contributed by atoms with van der Waals surface area (Å²) in [6, 6.07) is 8.32. The van der Waals surface area contributed by atoms with Crippen LogP contribution in [0.1, 0.15) is 38.2 Å². The number of carbonyl (C=O) groups is 2. The number of aliphatic carboxylic acids is 1. The molecule has 1 aromatic rings. The molecule has 164 valence electrons. The SMILES string of the molecule is CC(C)c1ccc(OCCNC(=O)CN2CCC(N(C)CC(=O)O)CC2)cc1.Cl. The molecule has 0 aromatic heterocycles. The number of carboxylic acid groups (broad SMARTS) is 1. The quantitative estimate of drug-likeness (QED) is 0.557. The van der Waals surface area contributed by atoms with Crippen LogP contribution in [0, 0.1) is 0 Å². The van der Waals surface area contributed by atoms with Gasteiger partial charge >= 0.3 is 5.97 Å². The molecule has 1 amide bonds. The van der Waals surface area contributed by atoms with Crippen molar-refractivity contribution in [3.8, 4) is 5.75 Å². The maximum atomic E-state index is 12.1. The second-order valence-electron chi connectivity index (χ2n) is 7.74. The van der Waals surface area contributed by atoms with Gasteiger partial charge in [0, 0.05) is 19.1 Å². The number of carbonyl (C=O) groups excluding carboxylic acids is 1. The van der Waals surface area contributed by atoms with Gasteiger partial charge in [-0.25, -0.2) is 0 Å². The molecule has 0 atom stereocenters. The van der Waals surface area contributed by atoms with E-state index in [2.05, 4.69) is 36.2 Å². The van der Waals surface area contributed by atoms with Crippen molar-refractivity contribution in [2.45, 2.75) is 38.6 Å². The number of hydrogen-bond donors (Lipinski definition) is 2. The average Bonchev–Trinajstić information content (AvgIpc) is 2.65. The molecule has 0 aliphatic carbocycles. The highest BCUT2D eigenvalue weighted by Crippen LogP contribution is 2.18. The molecule has 2 rings (SSSR count). The van der Waals surface area contributed by atoms with Crippen LogP contribution >= 0.6 is 12.4 Å². The van der Waals surface area contributed by atoms with Gasteiger partial charge in [-0.3, -0.25) is 19.4 Å². The number of hydrogen-bond acceptors (Lipinski definition) is 5. The first kappa shape index (κ1) is 25.2. The van der Waals surface area contributed by atoms with Crippen LogP contribution in [0.3, 0.4) is 0 Å². The zero-order chi connectivity index (χ0) is 20.5. The van der Waals surface area contributed by atoms with Crippen molar-refractivity contribution in [3.63, 3.8) is 0 Å². The maximum Gasteiger partial charge on any atom is 0.317 e. The Labute approximate surface area is 179 Å². The number of benzene rings is 1. The minimum Gasteiger partial charge on any atom is -0.492 e. The van der Waals surface area contributed by atoms with Crippen LogP contribution in [0.15, 0.2) is 24.3 Å². The highest BCUT2D eigenvalue weighted by Gasteiger charge is 2.24. The number of carboxylic acids is 1. The van der Waals surface area contributed by atoms with E-state index in [1.54, 1.807) is 0 Å². The Hall–Kier alpha value is -1.83. The molecule has 1 aromatic carbocycles. The van der Waals surface area contributed by atoms with Crippen LogP contribution in [0.25, 0.3) is 0 Å². The van der Waals surface area contributed by atoms with Crippen LogP contribution in [0.5, 0.6) is 5.75 Å². The van der Waals surface area contributed by atoms with E-state index in [4.69, 9.17) is 9.84 Å². The van der Waals surface area contributed by atoms with E-state index >= 15 is 0 Å². The van der Waals surface area contributed by atoms with E-state index < -0.39 is 5.97 Å². The van der Waals surface area contributed by atoms with Gasteiger partial charge in [0.1, 0.15) is 12.4 Å². The van der Waals surface area contributed by atoms with Crippen molar-refractivity contribution >= 4 is 24.3 Å². The van der Waals surface area contributed by atoms with Gasteiger partial charge in [-0.15, -0.1) is 12.4 Å². The standard InChI is InChI=1S/C21H33N3O4.ClH/c1-16(2)17-4-6-19(7-5-17)28-13-10-22-20(25)14-24-11-8-18(9-12-24)23(3)15-21(26)27;/h4-7,16,18H,8-15H2,1-3H3,(H,22,25)(H,26,27);1H. The van der Waals surface area contributed by atoms with Crippen LogP contribution in [-0.4, -0.2) is 79.2 Å². The molecule has 1 saturated heterocycles. The van der Waals surface area contributed by atoms with Gasteiger partial charge in [0.05, 0.1) is 19.6 Å². The molecule has 1 aliphatic rings. The highest BCUT2D eigenvalue weighted by atomic mass is 35.5. The zero-order valence-corrected chi connectivity index (χ0v) is 18.4. The monoisotopic (exact) mass is 427 g/mol. The second-order valence-corrected chi connectivity index (χ2v) is 7.74. The van der Waals surface area contributed by atoms with Crippen molar-refractivity contribution in [1.29, 1.82) is 0 Å². The summed E-state index contributed by atoms with van der Waals surface area (Å²) in [7, 11) is 1.84. The molecule has 2 N–H and O–H groups in total. The van der Waals surface area contributed by atoms with Gasteiger partial charge in [0.15, 0.2) is 0 Å². The van der Waals surface area contributed by atoms with E-state index in [9.17, 15) is 9.59 Å². The topological polar surface area (TPSA) is 82.1 Å². The summed E-state index contributed by atoms with van der Waals surface area (Å²) in [6.07, 6.45) is 1.76. The number of piperidine rings is 1. The van der Waals surface area contributed by atoms with Gasteiger partial charge in [0.25, 0.3) is 0 Å². The van der Waals surface area contributed by atoms with E-state index in [1.807, 2.05) is 24.1 Å². The first-order chi connectivity index (χ1) is 13.3. The summed E-state index contributed by atoms with van der Waals surface area (Å²) in [5.74, 6) is 0.501. The molecule has 1 fully saturated rings. The second kappa shape index (κ2) is 12.7. The first-order valence-electron chi connectivity index (χ1n) is 9.99. The van der Waals surface area contributed by atoms with Gasteiger partial charge in [-0.1, -0.05) is 26.0 Å². The van der Waals surface area contributed by atoms with Gasteiger partial charge in [-0.2, -0.15) is 0 Å². The molecular formula is C21H34ClN3O4. The lowest BCUT2D eigenvalue weighted by molar-refractivity contribution is -0.138. The van der Waals surface area contributed by atoms with E-state index in [1.165, 1.54) is 5.56 Å². The summed E-state index contributed by atoms with van der Waals surface area (Å²) < 4.78 is 5.67. The van der Waals surface area contributed by atoms with Gasteiger partial charge in [0.2, 0.25) is 5.91 Å². The van der Waals surface area contributed by atoms with Gasteiger partial charge in [-0.05, 0) is 43.5 Å². The molecule has 1 aliphatic heterocycles. The summed E-state index contributed by atoms with van der Waals surface area (Å²) in [6.45, 7) is 7.27. The number of rotatable bonds is 10. The van der Waals surface area contributed by atoms with Crippen molar-refractivity contribution in [2.24, 2.45) is 0 Å². The number of likely N-dealkylation sites (N-methyl/N-ethyl adjacent to an activating group) is 1. The molecule has 1 heterocycles. The van der Waals surface area contributed by atoms with Crippen molar-refractivity contribution in [3.05, 3.63) is 29.8 Å². The average molecular weight is 428 g/mol. The fourth-order valence-electron chi connectivity index (χ4n) is 3.43. The number of nitrogens with zero attached hydrogens (tertiary/aromatic N) is 2. The summed E-state index contributed by atoms with van der Waals surface area (Å²) in [4.78, 5) is 26.9. The minimum atomic E-state index is -0.803. The molecule has 29 heavy (non-hydrogen) atoms. The van der Waals surface area contributed by atoms with Gasteiger partial charge < -0.3 is 15.2 Å². The number of halogens is 1. The summed E-state index contributed by atoms with van der Waals surface area (Å²) >= 11 is 0. The van der Waals surface area contributed by atoms with Crippen LogP contribution in [-0.2, 0) is 9.59 Å². The van der Waals surface area contributed by atoms with Crippen LogP contribution in [0.2, 0.25) is 0 Å². The third-order valence-corrected chi connectivity index (χ3v) is 5.17.